The average Bonchev–Trinajstić information content (AvgIpc) is 2.38. The molecular weight excluding hydrogens is 250 g/mol. The third-order valence-corrected chi connectivity index (χ3v) is 3.65. The van der Waals surface area contributed by atoms with Gasteiger partial charge in [0.05, 0.1) is 24.9 Å². The molecule has 1 N–H and O–H groups in total. The molecule has 0 saturated heterocycles. The maximum Gasteiger partial charge on any atom is 0.145 e. The zero-order valence-electron chi connectivity index (χ0n) is 11.7. The normalized spacial score (nSPS) is 13.9. The number of methoxy groups -OCH3 is 2. The third-order valence-electron chi connectivity index (χ3n) is 3.35. The highest BCUT2D eigenvalue weighted by Crippen LogP contribution is 2.36. The summed E-state index contributed by atoms with van der Waals surface area (Å²) in [6, 6.07) is 4.00. The highest BCUT2D eigenvalue weighted by Gasteiger charge is 2.14. The maximum absolute atomic E-state index is 6.13. The van der Waals surface area contributed by atoms with Crippen LogP contribution in [-0.2, 0) is 0 Å². The predicted octanol–water partition coefficient (Wildman–Crippen LogP) is 4.20. The lowest BCUT2D eigenvalue weighted by atomic mass is 10.0. The van der Waals surface area contributed by atoms with Crippen LogP contribution in [0.2, 0.25) is 5.02 Å². The van der Waals surface area contributed by atoms with Crippen LogP contribution in [0.15, 0.2) is 12.1 Å². The van der Waals surface area contributed by atoms with Gasteiger partial charge in [0.25, 0.3) is 0 Å². The largest absolute Gasteiger partial charge is 0.495 e. The molecule has 0 aliphatic rings. The zero-order chi connectivity index (χ0) is 13.7. The summed E-state index contributed by atoms with van der Waals surface area (Å²) in [5.41, 5.74) is 0.899. The lowest BCUT2D eigenvalue weighted by Crippen LogP contribution is -2.23. The van der Waals surface area contributed by atoms with Gasteiger partial charge in [-0.15, -0.1) is 0 Å². The van der Waals surface area contributed by atoms with Crippen LogP contribution in [0.3, 0.4) is 0 Å². The third kappa shape index (κ3) is 3.45. The number of halogens is 1. The van der Waals surface area contributed by atoms with Gasteiger partial charge in [0, 0.05) is 12.1 Å². The number of ether oxygens (including phenoxy) is 2. The van der Waals surface area contributed by atoms with Crippen LogP contribution in [-0.4, -0.2) is 20.3 Å². The molecule has 0 aliphatic carbocycles. The van der Waals surface area contributed by atoms with Crippen LogP contribution >= 0.6 is 11.6 Å². The lowest BCUT2D eigenvalue weighted by Gasteiger charge is -2.23. The van der Waals surface area contributed by atoms with Gasteiger partial charge in [0.1, 0.15) is 11.5 Å². The Bertz CT molecular complexity index is 396. The van der Waals surface area contributed by atoms with Crippen molar-refractivity contribution in [1.29, 1.82) is 0 Å². The van der Waals surface area contributed by atoms with Crippen molar-refractivity contribution in [3.8, 4) is 11.5 Å². The van der Waals surface area contributed by atoms with Crippen LogP contribution in [0.25, 0.3) is 0 Å². The van der Waals surface area contributed by atoms with E-state index in [2.05, 4.69) is 26.1 Å². The van der Waals surface area contributed by atoms with Crippen LogP contribution < -0.4 is 14.8 Å². The predicted molar refractivity (Wildman–Crippen MR) is 77.1 cm³/mol. The summed E-state index contributed by atoms with van der Waals surface area (Å²) in [7, 11) is 3.23. The molecule has 1 rings (SSSR count). The highest BCUT2D eigenvalue weighted by atomic mass is 35.5. The van der Waals surface area contributed by atoms with Gasteiger partial charge >= 0.3 is 0 Å². The van der Waals surface area contributed by atoms with Gasteiger partial charge in [-0.05, 0) is 18.9 Å². The Morgan fingerprint density at radius 1 is 1.17 bits per heavy atom. The number of anilines is 1. The molecule has 0 aromatic heterocycles. The second kappa shape index (κ2) is 6.74. The monoisotopic (exact) mass is 271 g/mol. The van der Waals surface area contributed by atoms with Crippen LogP contribution in [0, 0.1) is 5.92 Å². The standard InChI is InChI=1S/C14H22ClNO2/c1-6-9(2)10(3)16-12-7-11(15)13(17-4)8-14(12)18-5/h7-10,16H,6H2,1-5H3. The number of rotatable bonds is 6. The Morgan fingerprint density at radius 3 is 2.28 bits per heavy atom. The van der Waals surface area contributed by atoms with Gasteiger partial charge in [-0.2, -0.15) is 0 Å². The molecule has 0 amide bonds. The van der Waals surface area contributed by atoms with Crippen LogP contribution in [0.1, 0.15) is 27.2 Å². The first-order valence-electron chi connectivity index (χ1n) is 6.21. The second-order valence-corrected chi connectivity index (χ2v) is 4.91. The van der Waals surface area contributed by atoms with Gasteiger partial charge in [0.2, 0.25) is 0 Å². The summed E-state index contributed by atoms with van der Waals surface area (Å²) in [5, 5.41) is 4.02. The molecule has 0 aliphatic heterocycles. The molecule has 3 nitrogen and oxygen atoms in total. The van der Waals surface area contributed by atoms with E-state index >= 15 is 0 Å². The molecule has 2 atom stereocenters. The summed E-state index contributed by atoms with van der Waals surface area (Å²) < 4.78 is 10.5. The van der Waals surface area contributed by atoms with Crippen molar-refractivity contribution in [2.45, 2.75) is 33.2 Å². The first-order valence-corrected chi connectivity index (χ1v) is 6.59. The molecule has 0 bridgehead atoms. The van der Waals surface area contributed by atoms with Crippen molar-refractivity contribution >= 4 is 17.3 Å². The Kier molecular flexibility index (Phi) is 5.60. The van der Waals surface area contributed by atoms with E-state index in [-0.39, 0.29) is 0 Å². The van der Waals surface area contributed by atoms with Gasteiger partial charge in [-0.1, -0.05) is 31.9 Å². The van der Waals surface area contributed by atoms with Crippen molar-refractivity contribution in [3.63, 3.8) is 0 Å². The molecular formula is C14H22ClNO2. The number of hydrogen-bond acceptors (Lipinski definition) is 3. The fourth-order valence-electron chi connectivity index (χ4n) is 1.71. The summed E-state index contributed by atoms with van der Waals surface area (Å²) in [6.45, 7) is 6.56. The summed E-state index contributed by atoms with van der Waals surface area (Å²) in [4.78, 5) is 0. The van der Waals surface area contributed by atoms with E-state index in [1.807, 2.05) is 6.07 Å². The first-order chi connectivity index (χ1) is 8.53. The van der Waals surface area contributed by atoms with Gasteiger partial charge < -0.3 is 14.8 Å². The molecule has 0 radical (unpaired) electrons. The minimum atomic E-state index is 0.355. The van der Waals surface area contributed by atoms with Crippen molar-refractivity contribution < 1.29 is 9.47 Å². The molecule has 2 unspecified atom stereocenters. The van der Waals surface area contributed by atoms with Crippen molar-refractivity contribution in [2.24, 2.45) is 5.92 Å². The number of benzene rings is 1. The molecule has 0 saturated carbocycles. The molecule has 1 aromatic rings. The molecule has 18 heavy (non-hydrogen) atoms. The Morgan fingerprint density at radius 2 is 1.78 bits per heavy atom. The molecule has 1 aromatic carbocycles. The Labute approximate surface area is 114 Å². The van der Waals surface area contributed by atoms with E-state index in [4.69, 9.17) is 21.1 Å². The van der Waals surface area contributed by atoms with Crippen molar-refractivity contribution in [1.82, 2.24) is 0 Å². The minimum absolute atomic E-state index is 0.355. The Balaban J connectivity index is 2.97. The fourth-order valence-corrected chi connectivity index (χ4v) is 1.95. The smallest absolute Gasteiger partial charge is 0.145 e. The van der Waals surface area contributed by atoms with Crippen molar-refractivity contribution in [2.75, 3.05) is 19.5 Å². The van der Waals surface area contributed by atoms with E-state index < -0.39 is 0 Å². The summed E-state index contributed by atoms with van der Waals surface area (Å²) in [5.74, 6) is 1.94. The first kappa shape index (κ1) is 15.0. The summed E-state index contributed by atoms with van der Waals surface area (Å²) in [6.07, 6.45) is 1.13. The average molecular weight is 272 g/mol. The second-order valence-electron chi connectivity index (χ2n) is 4.51. The molecule has 0 spiro atoms. The van der Waals surface area contributed by atoms with Crippen molar-refractivity contribution in [3.05, 3.63) is 17.2 Å². The summed E-state index contributed by atoms with van der Waals surface area (Å²) >= 11 is 6.13. The molecule has 0 heterocycles. The number of hydrogen-bond donors (Lipinski definition) is 1. The number of nitrogens with one attached hydrogen (secondary N) is 1. The quantitative estimate of drug-likeness (QED) is 0.841. The highest BCUT2D eigenvalue weighted by molar-refractivity contribution is 6.32. The molecule has 0 fully saturated rings. The van der Waals surface area contributed by atoms with E-state index in [0.717, 1.165) is 17.9 Å². The van der Waals surface area contributed by atoms with Crippen LogP contribution in [0.5, 0.6) is 11.5 Å². The van der Waals surface area contributed by atoms with Gasteiger partial charge in [-0.25, -0.2) is 0 Å². The SMILES string of the molecule is CCC(C)C(C)Nc1cc(Cl)c(OC)cc1OC. The van der Waals surface area contributed by atoms with E-state index in [1.165, 1.54) is 0 Å². The topological polar surface area (TPSA) is 30.5 Å². The van der Waals surface area contributed by atoms with Gasteiger partial charge in [0.15, 0.2) is 0 Å². The maximum atomic E-state index is 6.13. The van der Waals surface area contributed by atoms with E-state index in [1.54, 1.807) is 20.3 Å². The molecule has 4 heteroatoms. The zero-order valence-corrected chi connectivity index (χ0v) is 12.5. The van der Waals surface area contributed by atoms with Crippen LogP contribution in [0.4, 0.5) is 5.69 Å². The molecule has 102 valence electrons. The minimum Gasteiger partial charge on any atom is -0.495 e. The van der Waals surface area contributed by atoms with E-state index in [0.29, 0.717) is 22.7 Å². The fraction of sp³-hybridized carbons (Fsp3) is 0.571. The van der Waals surface area contributed by atoms with E-state index in [9.17, 15) is 0 Å². The van der Waals surface area contributed by atoms with Gasteiger partial charge in [-0.3, -0.25) is 0 Å². The Hall–Kier alpha value is -1.09. The lowest BCUT2D eigenvalue weighted by molar-refractivity contribution is 0.394.